The Kier molecular flexibility index (Phi) is 8.00. The monoisotopic (exact) mass is 623 g/mol. The van der Waals surface area contributed by atoms with Crippen LogP contribution in [0.5, 0.6) is 0 Å². The number of aromatic nitrogens is 1. The van der Waals surface area contributed by atoms with Gasteiger partial charge in [0.2, 0.25) is 0 Å². The van der Waals surface area contributed by atoms with E-state index in [9.17, 15) is 0 Å². The fourth-order valence-electron chi connectivity index (χ4n) is 3.90. The van der Waals surface area contributed by atoms with Crippen molar-refractivity contribution in [3.05, 3.63) is 139 Å². The van der Waals surface area contributed by atoms with E-state index < -0.39 is 7.92 Å². The molecule has 0 saturated carbocycles. The van der Waals surface area contributed by atoms with Crippen LogP contribution in [0.3, 0.4) is 0 Å². The van der Waals surface area contributed by atoms with Gasteiger partial charge in [0.05, 0.1) is 24.7 Å². The van der Waals surface area contributed by atoms with Gasteiger partial charge in [-0.05, 0) is 35.7 Å². The van der Waals surface area contributed by atoms with Crippen LogP contribution < -0.4 is 10.6 Å². The minimum atomic E-state index is -0.957. The van der Waals surface area contributed by atoms with Gasteiger partial charge in [-0.25, -0.2) is 0 Å². The number of hydrogen-bond acceptors (Lipinski definition) is 1. The third-order valence-corrected chi connectivity index (χ3v) is 8.27. The van der Waals surface area contributed by atoms with Crippen LogP contribution in [-0.2, 0) is 27.2 Å². The van der Waals surface area contributed by atoms with E-state index in [0.717, 1.165) is 28.7 Å². The molecule has 0 radical (unpaired) electrons. The molecule has 0 aliphatic heterocycles. The molecule has 0 saturated heterocycles. The smallest absolute Gasteiger partial charge is 0.345 e. The Balaban J connectivity index is 0.00000259. The topological polar surface area (TPSA) is 12.9 Å². The van der Waals surface area contributed by atoms with Gasteiger partial charge >= 0.3 is 21.1 Å². The molecule has 0 spiro atoms. The molecule has 4 aromatic carbocycles. The quantitative estimate of drug-likeness (QED) is 0.158. The van der Waals surface area contributed by atoms with E-state index in [1.165, 1.54) is 16.2 Å². The van der Waals surface area contributed by atoms with E-state index in [0.29, 0.717) is 0 Å². The summed E-state index contributed by atoms with van der Waals surface area (Å²) < 4.78 is 0. The Labute approximate surface area is 211 Å². The first-order valence-electron chi connectivity index (χ1n) is 10.8. The summed E-state index contributed by atoms with van der Waals surface area (Å²) in [5.41, 5.74) is 5.13. The molecule has 33 heavy (non-hydrogen) atoms. The second-order valence-corrected chi connectivity index (χ2v) is 10.1. The SMILES string of the molecule is [Pt+2].[c-]1ccccc1-c1cccc(-c2[c-]c(C[PH+](c3ccccc3)c3ccccc3)ccc2)n1. The van der Waals surface area contributed by atoms with Gasteiger partial charge in [-0.1, -0.05) is 60.2 Å². The van der Waals surface area contributed by atoms with Crippen molar-refractivity contribution < 1.29 is 21.1 Å². The Morgan fingerprint density at radius 1 is 0.576 bits per heavy atom. The van der Waals surface area contributed by atoms with Crippen molar-refractivity contribution in [2.45, 2.75) is 6.16 Å². The zero-order valence-corrected chi connectivity index (χ0v) is 21.3. The summed E-state index contributed by atoms with van der Waals surface area (Å²) in [5.74, 6) is 0. The molecule has 1 nitrogen and oxygen atoms in total. The van der Waals surface area contributed by atoms with E-state index in [1.54, 1.807) is 0 Å². The fraction of sp³-hybridized carbons (Fsp3) is 0.0333. The first-order chi connectivity index (χ1) is 15.9. The molecule has 5 rings (SSSR count). The Morgan fingerprint density at radius 3 is 1.79 bits per heavy atom. The van der Waals surface area contributed by atoms with Gasteiger partial charge in [0.1, 0.15) is 0 Å². The third-order valence-electron chi connectivity index (χ3n) is 5.48. The second-order valence-electron chi connectivity index (χ2n) is 7.66. The van der Waals surface area contributed by atoms with Crippen LogP contribution >= 0.6 is 7.92 Å². The maximum atomic E-state index is 4.90. The zero-order valence-electron chi connectivity index (χ0n) is 18.0. The van der Waals surface area contributed by atoms with Gasteiger partial charge in [0, 0.05) is 0 Å². The van der Waals surface area contributed by atoms with Crippen molar-refractivity contribution in [3.8, 4) is 22.5 Å². The summed E-state index contributed by atoms with van der Waals surface area (Å²) in [6.07, 6.45) is 0.985. The summed E-state index contributed by atoms with van der Waals surface area (Å²) >= 11 is 0. The van der Waals surface area contributed by atoms with Crippen LogP contribution in [0, 0.1) is 12.1 Å². The second kappa shape index (κ2) is 11.3. The molecule has 1 heterocycles. The van der Waals surface area contributed by atoms with Crippen LogP contribution in [0.1, 0.15) is 5.56 Å². The number of nitrogens with zero attached hydrogens (tertiary/aromatic N) is 1. The molecule has 3 heteroatoms. The maximum Gasteiger partial charge on any atom is 2.00 e. The van der Waals surface area contributed by atoms with Crippen molar-refractivity contribution in [1.82, 2.24) is 4.98 Å². The van der Waals surface area contributed by atoms with Crippen molar-refractivity contribution in [2.75, 3.05) is 0 Å². The average molecular weight is 624 g/mol. The standard InChI is InChI=1S/C30H22NP.Pt/c1-4-13-25(14-5-1)29-20-11-21-30(31-29)26-15-10-12-24(22-26)23-32(27-16-6-2-7-17-27)28-18-8-3-9-19-28;/h1-13,15-21H,23H2;/q-2;+2/p+1. The third kappa shape index (κ3) is 5.75. The summed E-state index contributed by atoms with van der Waals surface area (Å²) in [5, 5.41) is 2.84. The Morgan fingerprint density at radius 2 is 1.15 bits per heavy atom. The van der Waals surface area contributed by atoms with Crippen LogP contribution in [0.2, 0.25) is 0 Å². The summed E-state index contributed by atoms with van der Waals surface area (Å²) in [4.78, 5) is 4.90. The maximum absolute atomic E-state index is 4.90. The molecule has 0 aliphatic carbocycles. The number of rotatable bonds is 6. The van der Waals surface area contributed by atoms with Crippen molar-refractivity contribution in [2.24, 2.45) is 0 Å². The zero-order chi connectivity index (χ0) is 21.6. The van der Waals surface area contributed by atoms with Gasteiger partial charge in [0.15, 0.2) is 0 Å². The average Bonchev–Trinajstić information content (AvgIpc) is 2.89. The number of benzene rings is 4. The van der Waals surface area contributed by atoms with Crippen LogP contribution in [0.4, 0.5) is 0 Å². The minimum Gasteiger partial charge on any atom is -0.345 e. The van der Waals surface area contributed by atoms with Gasteiger partial charge < -0.3 is 4.98 Å². The molecule has 5 aromatic rings. The molecule has 0 bridgehead atoms. The molecular formula is C30H23NPPt+. The molecule has 0 aliphatic rings. The van der Waals surface area contributed by atoms with Gasteiger partial charge in [-0.3, -0.25) is 0 Å². The molecule has 0 amide bonds. The van der Waals surface area contributed by atoms with Crippen molar-refractivity contribution >= 4 is 18.5 Å². The predicted molar refractivity (Wildman–Crippen MR) is 137 cm³/mol. The molecule has 1 aromatic heterocycles. The molecule has 0 unspecified atom stereocenters. The Hall–Kier alpha value is -2.85. The predicted octanol–water partition coefficient (Wildman–Crippen LogP) is 6.38. The van der Waals surface area contributed by atoms with Crippen LogP contribution in [0.15, 0.2) is 121 Å². The van der Waals surface area contributed by atoms with Gasteiger partial charge in [0.25, 0.3) is 0 Å². The summed E-state index contributed by atoms with van der Waals surface area (Å²) in [7, 11) is -0.957. The van der Waals surface area contributed by atoms with Crippen molar-refractivity contribution in [1.29, 1.82) is 0 Å². The number of hydrogen-bond donors (Lipinski definition) is 0. The molecule has 0 fully saturated rings. The summed E-state index contributed by atoms with van der Waals surface area (Å²) in [6.45, 7) is 0. The van der Waals surface area contributed by atoms with Crippen LogP contribution in [-0.4, -0.2) is 4.98 Å². The van der Waals surface area contributed by atoms with E-state index in [-0.39, 0.29) is 21.1 Å². The largest absolute Gasteiger partial charge is 2.00 e. The minimum absolute atomic E-state index is 0. The van der Waals surface area contributed by atoms with E-state index in [1.807, 2.05) is 30.3 Å². The fourth-order valence-corrected chi connectivity index (χ4v) is 6.41. The molecule has 0 atom stereocenters. The van der Waals surface area contributed by atoms with Crippen LogP contribution in [0.25, 0.3) is 22.5 Å². The first-order valence-corrected chi connectivity index (χ1v) is 12.5. The van der Waals surface area contributed by atoms with Crippen molar-refractivity contribution in [3.63, 3.8) is 0 Å². The Bertz CT molecular complexity index is 1250. The molecular weight excluding hydrogens is 600 g/mol. The van der Waals surface area contributed by atoms with Gasteiger partial charge in [-0.15, -0.1) is 65.7 Å². The van der Waals surface area contributed by atoms with E-state index in [4.69, 9.17) is 4.98 Å². The van der Waals surface area contributed by atoms with Gasteiger partial charge in [-0.2, -0.15) is 0 Å². The van der Waals surface area contributed by atoms with E-state index in [2.05, 4.69) is 103 Å². The molecule has 0 N–H and O–H groups in total. The summed E-state index contributed by atoms with van der Waals surface area (Å²) in [6, 6.07) is 49.2. The molecule has 162 valence electrons. The number of pyridine rings is 1. The van der Waals surface area contributed by atoms with E-state index >= 15 is 0 Å². The first kappa shape index (κ1) is 23.3. The normalized spacial score (nSPS) is 10.6.